The van der Waals surface area contributed by atoms with Gasteiger partial charge in [0.05, 0.1) is 11.8 Å². The van der Waals surface area contributed by atoms with Crippen molar-refractivity contribution in [2.45, 2.75) is 33.6 Å². The Balaban J connectivity index is 2.38. The van der Waals surface area contributed by atoms with Crippen LogP contribution in [0.4, 0.5) is 5.82 Å². The van der Waals surface area contributed by atoms with E-state index in [1.807, 2.05) is 19.1 Å². The van der Waals surface area contributed by atoms with Gasteiger partial charge in [0.2, 0.25) is 0 Å². The fourth-order valence-electron chi connectivity index (χ4n) is 1.76. The van der Waals surface area contributed by atoms with Crippen molar-refractivity contribution in [1.29, 1.82) is 0 Å². The Morgan fingerprint density at radius 3 is 2.72 bits per heavy atom. The number of aromatic nitrogens is 2. The second-order valence-electron chi connectivity index (χ2n) is 4.24. The van der Waals surface area contributed by atoms with Gasteiger partial charge in [0.1, 0.15) is 11.6 Å². The van der Waals surface area contributed by atoms with Crippen LogP contribution in [-0.4, -0.2) is 16.5 Å². The predicted octanol–water partition coefficient (Wildman–Crippen LogP) is 3.43. The van der Waals surface area contributed by atoms with Crippen molar-refractivity contribution in [3.63, 3.8) is 0 Å². The fraction of sp³-hybridized carbons (Fsp3) is 0.429. The molecule has 0 atom stereocenters. The Bertz CT molecular complexity index is 520. The average molecular weight is 245 g/mol. The summed E-state index contributed by atoms with van der Waals surface area (Å²) in [6.45, 7) is 7.08. The van der Waals surface area contributed by atoms with Gasteiger partial charge in [-0.15, -0.1) is 0 Å². The summed E-state index contributed by atoms with van der Waals surface area (Å²) in [5.41, 5.74) is 2.00. The van der Waals surface area contributed by atoms with Crippen molar-refractivity contribution in [3.05, 3.63) is 29.9 Å². The van der Waals surface area contributed by atoms with E-state index < -0.39 is 0 Å². The highest BCUT2D eigenvalue weighted by atomic mass is 16.3. The third kappa shape index (κ3) is 2.70. The minimum atomic E-state index is 0.735. The van der Waals surface area contributed by atoms with Gasteiger partial charge in [-0.05, 0) is 25.8 Å². The Hall–Kier alpha value is -1.84. The Kier molecular flexibility index (Phi) is 3.97. The Morgan fingerprint density at radius 1 is 1.28 bits per heavy atom. The zero-order valence-electron chi connectivity index (χ0n) is 11.2. The molecule has 0 saturated carbocycles. The van der Waals surface area contributed by atoms with Crippen LogP contribution in [0.1, 0.15) is 31.7 Å². The smallest absolute Gasteiger partial charge is 0.165 e. The zero-order valence-corrected chi connectivity index (χ0v) is 11.2. The van der Waals surface area contributed by atoms with E-state index in [1.165, 1.54) is 0 Å². The highest BCUT2D eigenvalue weighted by Crippen LogP contribution is 2.22. The molecule has 0 aliphatic rings. The number of nitrogens with one attached hydrogen (secondary N) is 1. The van der Waals surface area contributed by atoms with Crippen LogP contribution in [0, 0.1) is 6.92 Å². The summed E-state index contributed by atoms with van der Waals surface area (Å²) in [5.74, 6) is 2.48. The van der Waals surface area contributed by atoms with E-state index in [0.29, 0.717) is 0 Å². The van der Waals surface area contributed by atoms with Gasteiger partial charge < -0.3 is 9.73 Å². The molecule has 2 aromatic heterocycles. The van der Waals surface area contributed by atoms with Crippen molar-refractivity contribution >= 4 is 5.82 Å². The van der Waals surface area contributed by atoms with Crippen LogP contribution in [-0.2, 0) is 6.42 Å². The Morgan fingerprint density at radius 2 is 2.11 bits per heavy atom. The molecule has 18 heavy (non-hydrogen) atoms. The van der Waals surface area contributed by atoms with Crippen molar-refractivity contribution in [2.75, 3.05) is 11.9 Å². The molecule has 2 heterocycles. The first-order valence-electron chi connectivity index (χ1n) is 6.40. The van der Waals surface area contributed by atoms with E-state index in [9.17, 15) is 0 Å². The SMILES string of the molecule is CCCNc1cc(CC)nc(-c2ccoc2C)n1. The molecule has 1 N–H and O–H groups in total. The summed E-state index contributed by atoms with van der Waals surface area (Å²) >= 11 is 0. The number of rotatable bonds is 5. The van der Waals surface area contributed by atoms with Gasteiger partial charge in [-0.25, -0.2) is 9.97 Å². The number of aryl methyl sites for hydroxylation is 2. The van der Waals surface area contributed by atoms with E-state index >= 15 is 0 Å². The summed E-state index contributed by atoms with van der Waals surface area (Å²) in [6.07, 6.45) is 3.64. The van der Waals surface area contributed by atoms with E-state index in [-0.39, 0.29) is 0 Å². The maximum atomic E-state index is 5.31. The molecular formula is C14H19N3O. The van der Waals surface area contributed by atoms with Gasteiger partial charge in [-0.1, -0.05) is 13.8 Å². The molecule has 0 radical (unpaired) electrons. The summed E-state index contributed by atoms with van der Waals surface area (Å²) in [7, 11) is 0. The molecule has 4 nitrogen and oxygen atoms in total. The predicted molar refractivity (Wildman–Crippen MR) is 72.6 cm³/mol. The van der Waals surface area contributed by atoms with Gasteiger partial charge in [-0.3, -0.25) is 0 Å². The standard InChI is InChI=1S/C14H19N3O/c1-4-7-15-13-9-11(5-2)16-14(17-13)12-6-8-18-10(12)3/h6,8-9H,4-5,7H2,1-3H3,(H,15,16,17). The molecule has 0 spiro atoms. The molecule has 2 aromatic rings. The lowest BCUT2D eigenvalue weighted by atomic mass is 10.2. The minimum Gasteiger partial charge on any atom is -0.469 e. The van der Waals surface area contributed by atoms with Crippen LogP contribution in [0.3, 0.4) is 0 Å². The maximum absolute atomic E-state index is 5.31. The fourth-order valence-corrected chi connectivity index (χ4v) is 1.76. The topological polar surface area (TPSA) is 51.0 Å². The van der Waals surface area contributed by atoms with Crippen LogP contribution in [0.15, 0.2) is 22.8 Å². The monoisotopic (exact) mass is 245 g/mol. The Labute approximate surface area is 107 Å². The summed E-state index contributed by atoms with van der Waals surface area (Å²) < 4.78 is 5.31. The second-order valence-corrected chi connectivity index (χ2v) is 4.24. The van der Waals surface area contributed by atoms with Crippen LogP contribution in [0.5, 0.6) is 0 Å². The van der Waals surface area contributed by atoms with Crippen molar-refractivity contribution in [3.8, 4) is 11.4 Å². The second kappa shape index (κ2) is 5.67. The molecular weight excluding hydrogens is 226 g/mol. The molecule has 0 amide bonds. The summed E-state index contributed by atoms with van der Waals surface area (Å²) in [5, 5.41) is 3.31. The van der Waals surface area contributed by atoms with Crippen LogP contribution in [0.2, 0.25) is 0 Å². The zero-order chi connectivity index (χ0) is 13.0. The highest BCUT2D eigenvalue weighted by molar-refractivity contribution is 5.59. The summed E-state index contributed by atoms with van der Waals surface area (Å²) in [6, 6.07) is 3.92. The van der Waals surface area contributed by atoms with Crippen LogP contribution < -0.4 is 5.32 Å². The van der Waals surface area contributed by atoms with Gasteiger partial charge in [-0.2, -0.15) is 0 Å². The molecule has 0 aromatic carbocycles. The molecule has 96 valence electrons. The molecule has 0 unspecified atom stereocenters. The molecule has 0 aliphatic carbocycles. The largest absolute Gasteiger partial charge is 0.469 e. The van der Waals surface area contributed by atoms with E-state index in [1.54, 1.807) is 6.26 Å². The van der Waals surface area contributed by atoms with Gasteiger partial charge >= 0.3 is 0 Å². The van der Waals surface area contributed by atoms with Crippen molar-refractivity contribution < 1.29 is 4.42 Å². The summed E-state index contributed by atoms with van der Waals surface area (Å²) in [4.78, 5) is 9.09. The lowest BCUT2D eigenvalue weighted by molar-refractivity contribution is 0.535. The van der Waals surface area contributed by atoms with Crippen LogP contribution in [0.25, 0.3) is 11.4 Å². The van der Waals surface area contributed by atoms with E-state index in [4.69, 9.17) is 4.42 Å². The minimum absolute atomic E-state index is 0.735. The first kappa shape index (κ1) is 12.6. The van der Waals surface area contributed by atoms with E-state index in [2.05, 4.69) is 29.1 Å². The van der Waals surface area contributed by atoms with Gasteiger partial charge in [0.15, 0.2) is 5.82 Å². The number of furan rings is 1. The molecule has 0 saturated heterocycles. The molecule has 0 bridgehead atoms. The molecule has 0 aliphatic heterocycles. The first-order valence-corrected chi connectivity index (χ1v) is 6.40. The van der Waals surface area contributed by atoms with Gasteiger partial charge in [0, 0.05) is 18.3 Å². The van der Waals surface area contributed by atoms with E-state index in [0.717, 1.165) is 48.0 Å². The quantitative estimate of drug-likeness (QED) is 0.876. The van der Waals surface area contributed by atoms with Crippen LogP contribution >= 0.6 is 0 Å². The van der Waals surface area contributed by atoms with Crippen molar-refractivity contribution in [2.24, 2.45) is 0 Å². The lowest BCUT2D eigenvalue weighted by Gasteiger charge is -2.08. The number of nitrogens with zero attached hydrogens (tertiary/aromatic N) is 2. The lowest BCUT2D eigenvalue weighted by Crippen LogP contribution is -2.05. The molecule has 4 heteroatoms. The highest BCUT2D eigenvalue weighted by Gasteiger charge is 2.10. The third-order valence-electron chi connectivity index (χ3n) is 2.80. The first-order chi connectivity index (χ1) is 8.74. The maximum Gasteiger partial charge on any atom is 0.165 e. The number of hydrogen-bond acceptors (Lipinski definition) is 4. The number of anilines is 1. The average Bonchev–Trinajstić information content (AvgIpc) is 2.82. The molecule has 0 fully saturated rings. The third-order valence-corrected chi connectivity index (χ3v) is 2.80. The van der Waals surface area contributed by atoms with Crippen molar-refractivity contribution in [1.82, 2.24) is 9.97 Å². The van der Waals surface area contributed by atoms with Gasteiger partial charge in [0.25, 0.3) is 0 Å². The number of hydrogen-bond donors (Lipinski definition) is 1. The normalized spacial score (nSPS) is 10.6. The molecule has 2 rings (SSSR count).